The molecule has 0 saturated carbocycles. The molecule has 1 N–H and O–H groups in total. The number of halogens is 2. The zero-order valence-electron chi connectivity index (χ0n) is 14.5. The standard InChI is InChI=1S/C21H17Cl2N3O/c22-19-10-9-16(20(23)25-19)21(27)24-17-7-3-1-6-15(17)13-26-12-11-14-5-2-4-8-18(14)26/h1-10H,11-13H2,(H,24,27). The van der Waals surface area contributed by atoms with Gasteiger partial charge in [0.15, 0.2) is 0 Å². The Labute approximate surface area is 167 Å². The molecule has 136 valence electrons. The maximum Gasteiger partial charge on any atom is 0.258 e. The third kappa shape index (κ3) is 3.77. The van der Waals surface area contributed by atoms with Gasteiger partial charge >= 0.3 is 0 Å². The number of pyridine rings is 1. The first kappa shape index (κ1) is 17.8. The molecule has 0 radical (unpaired) electrons. The van der Waals surface area contributed by atoms with E-state index in [0.717, 1.165) is 30.8 Å². The Bertz CT molecular complexity index is 1010. The van der Waals surface area contributed by atoms with Crippen LogP contribution in [0.3, 0.4) is 0 Å². The van der Waals surface area contributed by atoms with E-state index in [2.05, 4.69) is 39.5 Å². The molecule has 1 aliphatic rings. The molecule has 4 nitrogen and oxygen atoms in total. The highest BCUT2D eigenvalue weighted by molar-refractivity contribution is 6.35. The normalized spacial score (nSPS) is 12.7. The lowest BCUT2D eigenvalue weighted by molar-refractivity contribution is 0.102. The molecule has 1 aromatic heterocycles. The summed E-state index contributed by atoms with van der Waals surface area (Å²) in [5.41, 5.74) is 4.71. The Morgan fingerprint density at radius 2 is 1.81 bits per heavy atom. The van der Waals surface area contributed by atoms with Crippen LogP contribution >= 0.6 is 23.2 Å². The lowest BCUT2D eigenvalue weighted by atomic mass is 10.1. The fourth-order valence-corrected chi connectivity index (χ4v) is 3.76. The quantitative estimate of drug-likeness (QED) is 0.615. The van der Waals surface area contributed by atoms with E-state index < -0.39 is 0 Å². The highest BCUT2D eigenvalue weighted by Crippen LogP contribution is 2.30. The number of nitrogens with one attached hydrogen (secondary N) is 1. The minimum absolute atomic E-state index is 0.0888. The van der Waals surface area contributed by atoms with E-state index in [9.17, 15) is 4.79 Å². The minimum atomic E-state index is -0.307. The van der Waals surface area contributed by atoms with Crippen molar-refractivity contribution in [3.63, 3.8) is 0 Å². The minimum Gasteiger partial charge on any atom is -0.367 e. The van der Waals surface area contributed by atoms with E-state index in [0.29, 0.717) is 5.56 Å². The van der Waals surface area contributed by atoms with Crippen LogP contribution in [0.4, 0.5) is 11.4 Å². The number of carbonyl (C=O) groups is 1. The van der Waals surface area contributed by atoms with Crippen molar-refractivity contribution in [3.05, 3.63) is 87.7 Å². The van der Waals surface area contributed by atoms with Crippen LogP contribution < -0.4 is 10.2 Å². The topological polar surface area (TPSA) is 45.2 Å². The van der Waals surface area contributed by atoms with Crippen LogP contribution in [0.25, 0.3) is 0 Å². The molecule has 0 bridgehead atoms. The van der Waals surface area contributed by atoms with Crippen LogP contribution in [0.1, 0.15) is 21.5 Å². The molecule has 0 unspecified atom stereocenters. The van der Waals surface area contributed by atoms with Gasteiger partial charge < -0.3 is 10.2 Å². The molecule has 0 aliphatic carbocycles. The second kappa shape index (κ2) is 7.59. The first-order chi connectivity index (χ1) is 13.1. The Morgan fingerprint density at radius 3 is 2.67 bits per heavy atom. The van der Waals surface area contributed by atoms with Gasteiger partial charge in [0, 0.05) is 24.5 Å². The van der Waals surface area contributed by atoms with Crippen LogP contribution in [-0.4, -0.2) is 17.4 Å². The van der Waals surface area contributed by atoms with E-state index in [-0.39, 0.29) is 16.2 Å². The van der Waals surface area contributed by atoms with Gasteiger partial charge in [0.1, 0.15) is 10.3 Å². The summed E-state index contributed by atoms with van der Waals surface area (Å²) in [7, 11) is 0. The first-order valence-electron chi connectivity index (χ1n) is 8.66. The predicted octanol–water partition coefficient (Wildman–Crippen LogP) is 5.20. The Morgan fingerprint density at radius 1 is 1.04 bits per heavy atom. The van der Waals surface area contributed by atoms with Crippen LogP contribution in [0.15, 0.2) is 60.7 Å². The fourth-order valence-electron chi connectivity index (χ4n) is 3.33. The maximum absolute atomic E-state index is 12.6. The van der Waals surface area contributed by atoms with Crippen molar-refractivity contribution in [3.8, 4) is 0 Å². The SMILES string of the molecule is O=C(Nc1ccccc1CN1CCc2ccccc21)c1ccc(Cl)nc1Cl. The van der Waals surface area contributed by atoms with E-state index in [1.807, 2.05) is 24.3 Å². The van der Waals surface area contributed by atoms with Gasteiger partial charge in [-0.15, -0.1) is 0 Å². The Balaban J connectivity index is 1.56. The Hall–Kier alpha value is -2.56. The summed E-state index contributed by atoms with van der Waals surface area (Å²) in [5, 5.41) is 3.30. The number of rotatable bonds is 4. The molecule has 1 aliphatic heterocycles. The van der Waals surface area contributed by atoms with Gasteiger partial charge in [-0.05, 0) is 41.8 Å². The number of nitrogens with zero attached hydrogens (tertiary/aromatic N) is 2. The highest BCUT2D eigenvalue weighted by atomic mass is 35.5. The number of hydrogen-bond donors (Lipinski definition) is 1. The summed E-state index contributed by atoms with van der Waals surface area (Å²) in [6.07, 6.45) is 1.04. The van der Waals surface area contributed by atoms with Crippen molar-refractivity contribution in [2.75, 3.05) is 16.8 Å². The largest absolute Gasteiger partial charge is 0.367 e. The van der Waals surface area contributed by atoms with Gasteiger partial charge in [-0.2, -0.15) is 0 Å². The van der Waals surface area contributed by atoms with Crippen molar-refractivity contribution < 1.29 is 4.79 Å². The van der Waals surface area contributed by atoms with Crippen molar-refractivity contribution in [2.24, 2.45) is 0 Å². The number of anilines is 2. The van der Waals surface area contributed by atoms with Crippen molar-refractivity contribution in [1.29, 1.82) is 0 Å². The van der Waals surface area contributed by atoms with E-state index >= 15 is 0 Å². The smallest absolute Gasteiger partial charge is 0.258 e. The monoisotopic (exact) mass is 397 g/mol. The lowest BCUT2D eigenvalue weighted by Crippen LogP contribution is -2.21. The zero-order valence-corrected chi connectivity index (χ0v) is 16.0. The molecule has 4 rings (SSSR count). The van der Waals surface area contributed by atoms with Crippen LogP contribution in [0.2, 0.25) is 10.3 Å². The van der Waals surface area contributed by atoms with Crippen LogP contribution in [-0.2, 0) is 13.0 Å². The van der Waals surface area contributed by atoms with Gasteiger partial charge in [-0.3, -0.25) is 4.79 Å². The number of aromatic nitrogens is 1. The number of carbonyl (C=O) groups excluding carboxylic acids is 1. The molecule has 6 heteroatoms. The summed E-state index contributed by atoms with van der Waals surface area (Å²) in [6, 6.07) is 19.4. The number of para-hydroxylation sites is 2. The van der Waals surface area contributed by atoms with Crippen molar-refractivity contribution >= 4 is 40.5 Å². The molecule has 2 heterocycles. The van der Waals surface area contributed by atoms with E-state index in [4.69, 9.17) is 23.2 Å². The first-order valence-corrected chi connectivity index (χ1v) is 9.41. The molecule has 0 spiro atoms. The molecule has 1 amide bonds. The Kier molecular flexibility index (Phi) is 5.01. The number of benzene rings is 2. The third-order valence-corrected chi connectivity index (χ3v) is 5.17. The number of fused-ring (bicyclic) bond motifs is 1. The number of amides is 1. The molecule has 2 aromatic carbocycles. The van der Waals surface area contributed by atoms with Crippen LogP contribution in [0.5, 0.6) is 0 Å². The number of hydrogen-bond acceptors (Lipinski definition) is 3. The molecule has 3 aromatic rings. The van der Waals surface area contributed by atoms with Gasteiger partial charge in [0.2, 0.25) is 0 Å². The second-order valence-electron chi connectivity index (χ2n) is 6.38. The third-order valence-electron chi connectivity index (χ3n) is 4.67. The predicted molar refractivity (Wildman–Crippen MR) is 110 cm³/mol. The van der Waals surface area contributed by atoms with E-state index in [1.165, 1.54) is 11.3 Å². The molecule has 0 fully saturated rings. The maximum atomic E-state index is 12.6. The average Bonchev–Trinajstić information content (AvgIpc) is 3.06. The molecule has 27 heavy (non-hydrogen) atoms. The fraction of sp³-hybridized carbons (Fsp3) is 0.143. The molecule has 0 saturated heterocycles. The van der Waals surface area contributed by atoms with Gasteiger partial charge in [-0.1, -0.05) is 59.6 Å². The van der Waals surface area contributed by atoms with E-state index in [1.54, 1.807) is 12.1 Å². The van der Waals surface area contributed by atoms with Gasteiger partial charge in [0.25, 0.3) is 5.91 Å². The average molecular weight is 398 g/mol. The summed E-state index contributed by atoms with van der Waals surface area (Å²) in [5.74, 6) is -0.307. The highest BCUT2D eigenvalue weighted by Gasteiger charge is 2.20. The second-order valence-corrected chi connectivity index (χ2v) is 7.13. The summed E-state index contributed by atoms with van der Waals surface area (Å²) in [4.78, 5) is 18.9. The van der Waals surface area contributed by atoms with Crippen molar-refractivity contribution in [2.45, 2.75) is 13.0 Å². The van der Waals surface area contributed by atoms with Crippen LogP contribution in [0, 0.1) is 0 Å². The zero-order chi connectivity index (χ0) is 18.8. The van der Waals surface area contributed by atoms with Gasteiger partial charge in [0.05, 0.1) is 5.56 Å². The molecular formula is C21H17Cl2N3O. The lowest BCUT2D eigenvalue weighted by Gasteiger charge is -2.21. The van der Waals surface area contributed by atoms with Crippen molar-refractivity contribution in [1.82, 2.24) is 4.98 Å². The molecular weight excluding hydrogens is 381 g/mol. The van der Waals surface area contributed by atoms with Gasteiger partial charge in [-0.25, -0.2) is 4.98 Å². The summed E-state index contributed by atoms with van der Waals surface area (Å²) in [6.45, 7) is 1.69. The summed E-state index contributed by atoms with van der Waals surface area (Å²) >= 11 is 11.9. The molecule has 0 atom stereocenters. The summed E-state index contributed by atoms with van der Waals surface area (Å²) < 4.78 is 0.